The van der Waals surface area contributed by atoms with Gasteiger partial charge in [0.15, 0.2) is 0 Å². The third-order valence-electron chi connectivity index (χ3n) is 2.68. The molecular formula is C13H17BrN2O3. The molecular weight excluding hydrogens is 312 g/mol. The number of likely N-dealkylation sites (N-methyl/N-ethyl adjacent to an activating group) is 2. The van der Waals surface area contributed by atoms with Crippen molar-refractivity contribution in [3.63, 3.8) is 0 Å². The molecule has 0 unspecified atom stereocenters. The second-order valence-electron chi connectivity index (χ2n) is 3.84. The van der Waals surface area contributed by atoms with Crippen molar-refractivity contribution in [3.05, 3.63) is 28.2 Å². The molecule has 104 valence electrons. The highest BCUT2D eigenvalue weighted by Gasteiger charge is 2.17. The van der Waals surface area contributed by atoms with E-state index in [0.717, 1.165) is 0 Å². The van der Waals surface area contributed by atoms with Gasteiger partial charge < -0.3 is 15.0 Å². The van der Waals surface area contributed by atoms with Crippen LogP contribution >= 0.6 is 15.9 Å². The summed E-state index contributed by atoms with van der Waals surface area (Å²) in [7, 11) is 3.11. The van der Waals surface area contributed by atoms with E-state index in [1.54, 1.807) is 32.4 Å². The number of hydrogen-bond donors (Lipinski definition) is 1. The number of methoxy groups -OCH3 is 1. The summed E-state index contributed by atoms with van der Waals surface area (Å²) >= 11 is 3.34. The van der Waals surface area contributed by atoms with Crippen LogP contribution in [0.2, 0.25) is 0 Å². The van der Waals surface area contributed by atoms with Crippen LogP contribution in [0.1, 0.15) is 17.3 Å². The highest BCUT2D eigenvalue weighted by atomic mass is 79.9. The summed E-state index contributed by atoms with van der Waals surface area (Å²) in [6.07, 6.45) is 0. The molecule has 1 aromatic carbocycles. The van der Waals surface area contributed by atoms with Crippen LogP contribution in [-0.4, -0.2) is 44.0 Å². The zero-order chi connectivity index (χ0) is 14.4. The molecule has 0 saturated carbocycles. The fraction of sp³-hybridized carbons (Fsp3) is 0.385. The first-order chi connectivity index (χ1) is 9.03. The molecule has 0 radical (unpaired) electrons. The zero-order valence-corrected chi connectivity index (χ0v) is 12.8. The van der Waals surface area contributed by atoms with E-state index in [9.17, 15) is 9.59 Å². The summed E-state index contributed by atoms with van der Waals surface area (Å²) in [5.41, 5.74) is 0.512. The standard InChI is InChI=1S/C13H17BrN2O3/c1-4-16(8-12(17)15-2)13(18)9-5-6-11(19-3)10(14)7-9/h5-7H,4,8H2,1-3H3,(H,15,17). The van der Waals surface area contributed by atoms with Crippen LogP contribution in [0.5, 0.6) is 5.75 Å². The van der Waals surface area contributed by atoms with E-state index in [0.29, 0.717) is 22.3 Å². The lowest BCUT2D eigenvalue weighted by molar-refractivity contribution is -0.121. The van der Waals surface area contributed by atoms with E-state index in [1.165, 1.54) is 4.90 Å². The first kappa shape index (κ1) is 15.5. The molecule has 1 rings (SSSR count). The highest BCUT2D eigenvalue weighted by molar-refractivity contribution is 9.10. The molecule has 0 spiro atoms. The van der Waals surface area contributed by atoms with Crippen LogP contribution in [0.3, 0.4) is 0 Å². The van der Waals surface area contributed by atoms with Crippen LogP contribution in [0.4, 0.5) is 0 Å². The van der Waals surface area contributed by atoms with Gasteiger partial charge in [-0.25, -0.2) is 0 Å². The molecule has 0 aliphatic carbocycles. The number of carbonyl (C=O) groups excluding carboxylic acids is 2. The number of ether oxygens (including phenoxy) is 1. The molecule has 0 aliphatic rings. The monoisotopic (exact) mass is 328 g/mol. The second kappa shape index (κ2) is 7.13. The van der Waals surface area contributed by atoms with Crippen LogP contribution in [0.25, 0.3) is 0 Å². The molecule has 5 nitrogen and oxygen atoms in total. The summed E-state index contributed by atoms with van der Waals surface area (Å²) in [5.74, 6) is 0.281. The Morgan fingerprint density at radius 3 is 2.58 bits per heavy atom. The van der Waals surface area contributed by atoms with Gasteiger partial charge in [-0.15, -0.1) is 0 Å². The largest absolute Gasteiger partial charge is 0.496 e. The van der Waals surface area contributed by atoms with Gasteiger partial charge in [-0.1, -0.05) is 0 Å². The summed E-state index contributed by atoms with van der Waals surface area (Å²) < 4.78 is 5.82. The Morgan fingerprint density at radius 1 is 1.42 bits per heavy atom. The highest BCUT2D eigenvalue weighted by Crippen LogP contribution is 2.26. The molecule has 6 heteroatoms. The fourth-order valence-electron chi connectivity index (χ4n) is 1.56. The fourth-order valence-corrected chi connectivity index (χ4v) is 2.10. The lowest BCUT2D eigenvalue weighted by Gasteiger charge is -2.20. The molecule has 19 heavy (non-hydrogen) atoms. The minimum atomic E-state index is -0.192. The maximum absolute atomic E-state index is 12.3. The predicted molar refractivity (Wildman–Crippen MR) is 76.3 cm³/mol. The third kappa shape index (κ3) is 3.96. The van der Waals surface area contributed by atoms with E-state index < -0.39 is 0 Å². The zero-order valence-electron chi connectivity index (χ0n) is 11.2. The van der Waals surface area contributed by atoms with Gasteiger partial charge >= 0.3 is 0 Å². The van der Waals surface area contributed by atoms with E-state index in [-0.39, 0.29) is 18.4 Å². The number of nitrogens with zero attached hydrogens (tertiary/aromatic N) is 1. The van der Waals surface area contributed by atoms with Gasteiger partial charge in [0.1, 0.15) is 5.75 Å². The molecule has 0 aromatic heterocycles. The maximum Gasteiger partial charge on any atom is 0.254 e. The Bertz CT molecular complexity index is 477. The average molecular weight is 329 g/mol. The lowest BCUT2D eigenvalue weighted by Crippen LogP contribution is -2.39. The van der Waals surface area contributed by atoms with Crippen molar-refractivity contribution >= 4 is 27.7 Å². The topological polar surface area (TPSA) is 58.6 Å². The van der Waals surface area contributed by atoms with Crippen LogP contribution < -0.4 is 10.1 Å². The van der Waals surface area contributed by atoms with Crippen molar-refractivity contribution in [2.75, 3.05) is 27.2 Å². The van der Waals surface area contributed by atoms with Gasteiger partial charge in [0.2, 0.25) is 5.91 Å². The average Bonchev–Trinajstić information content (AvgIpc) is 2.43. The van der Waals surface area contributed by atoms with Gasteiger partial charge in [-0.2, -0.15) is 0 Å². The lowest BCUT2D eigenvalue weighted by atomic mass is 10.2. The maximum atomic E-state index is 12.3. The molecule has 2 amide bonds. The summed E-state index contributed by atoms with van der Waals surface area (Å²) in [4.78, 5) is 25.1. The minimum absolute atomic E-state index is 0.0511. The van der Waals surface area contributed by atoms with Crippen LogP contribution in [0, 0.1) is 0 Å². The molecule has 1 N–H and O–H groups in total. The first-order valence-electron chi connectivity index (χ1n) is 5.86. The molecule has 0 aliphatic heterocycles. The summed E-state index contributed by atoms with van der Waals surface area (Å²) in [6, 6.07) is 5.08. The van der Waals surface area contributed by atoms with E-state index in [1.807, 2.05) is 6.92 Å². The number of rotatable bonds is 5. The van der Waals surface area contributed by atoms with Gasteiger partial charge in [0.05, 0.1) is 18.1 Å². The van der Waals surface area contributed by atoms with E-state index >= 15 is 0 Å². The molecule has 0 atom stereocenters. The Morgan fingerprint density at radius 2 is 2.11 bits per heavy atom. The van der Waals surface area contributed by atoms with Gasteiger partial charge in [0, 0.05) is 19.2 Å². The summed E-state index contributed by atoms with van der Waals surface area (Å²) in [6.45, 7) is 2.35. The SMILES string of the molecule is CCN(CC(=O)NC)C(=O)c1ccc(OC)c(Br)c1. The van der Waals surface area contributed by atoms with Crippen molar-refractivity contribution < 1.29 is 14.3 Å². The number of amides is 2. The van der Waals surface area contributed by atoms with Gasteiger partial charge in [0.25, 0.3) is 5.91 Å². The quantitative estimate of drug-likeness (QED) is 0.894. The second-order valence-corrected chi connectivity index (χ2v) is 4.70. The smallest absolute Gasteiger partial charge is 0.254 e. The normalized spacial score (nSPS) is 9.89. The summed E-state index contributed by atoms with van der Waals surface area (Å²) in [5, 5.41) is 2.50. The van der Waals surface area contributed by atoms with Crippen molar-refractivity contribution in [1.82, 2.24) is 10.2 Å². The number of hydrogen-bond acceptors (Lipinski definition) is 3. The molecule has 1 aromatic rings. The van der Waals surface area contributed by atoms with Gasteiger partial charge in [-0.3, -0.25) is 9.59 Å². The number of carbonyl (C=O) groups is 2. The number of halogens is 1. The van der Waals surface area contributed by atoms with Crippen molar-refractivity contribution in [2.45, 2.75) is 6.92 Å². The first-order valence-corrected chi connectivity index (χ1v) is 6.66. The third-order valence-corrected chi connectivity index (χ3v) is 3.30. The molecule has 0 bridgehead atoms. The van der Waals surface area contributed by atoms with Crippen LogP contribution in [-0.2, 0) is 4.79 Å². The van der Waals surface area contributed by atoms with Crippen LogP contribution in [0.15, 0.2) is 22.7 Å². The van der Waals surface area contributed by atoms with Crippen molar-refractivity contribution in [1.29, 1.82) is 0 Å². The van der Waals surface area contributed by atoms with E-state index in [4.69, 9.17) is 4.74 Å². The Hall–Kier alpha value is -1.56. The number of benzene rings is 1. The molecule has 0 heterocycles. The molecule has 0 fully saturated rings. The van der Waals surface area contributed by atoms with Crippen molar-refractivity contribution in [3.8, 4) is 5.75 Å². The minimum Gasteiger partial charge on any atom is -0.496 e. The van der Waals surface area contributed by atoms with Crippen molar-refractivity contribution in [2.24, 2.45) is 0 Å². The van der Waals surface area contributed by atoms with E-state index in [2.05, 4.69) is 21.2 Å². The predicted octanol–water partition coefficient (Wildman–Crippen LogP) is 1.67. The Kier molecular flexibility index (Phi) is 5.82. The Balaban J connectivity index is 2.91. The number of nitrogens with one attached hydrogen (secondary N) is 1. The molecule has 0 saturated heterocycles. The van der Waals surface area contributed by atoms with Gasteiger partial charge in [-0.05, 0) is 41.1 Å². The Labute approximate surface area is 121 Å².